The fraction of sp³-hybridized carbons (Fsp3) is 0.696. The zero-order chi connectivity index (χ0) is 24.3. The molecule has 2 amide bonds. The van der Waals surface area contributed by atoms with Crippen LogP contribution in [0.4, 0.5) is 0 Å². The van der Waals surface area contributed by atoms with Crippen LogP contribution < -0.4 is 22.1 Å². The number of Topliss-reactive ketones (excluding diaryl/α,β-unsaturated/α-hetero) is 1. The maximum atomic E-state index is 13.0. The van der Waals surface area contributed by atoms with Crippen LogP contribution in [0.1, 0.15) is 61.2 Å². The quantitative estimate of drug-likeness (QED) is 0.146. The van der Waals surface area contributed by atoms with Crippen LogP contribution in [0.15, 0.2) is 16.6 Å². The molecule has 0 aliphatic carbocycles. The molecule has 1 unspecified atom stereocenters. The first-order valence-corrected chi connectivity index (χ1v) is 13.1. The second kappa shape index (κ2) is 13.4. The van der Waals surface area contributed by atoms with Gasteiger partial charge in [0, 0.05) is 30.6 Å². The second-order valence-corrected chi connectivity index (χ2v) is 10.0. The van der Waals surface area contributed by atoms with E-state index >= 15 is 0 Å². The smallest absolute Gasteiger partial charge is 0.240 e. The van der Waals surface area contributed by atoms with E-state index in [0.717, 1.165) is 38.8 Å². The molecule has 0 saturated carbocycles. The highest BCUT2D eigenvalue weighted by Gasteiger charge is 2.31. The monoisotopic (exact) mass is 491 g/mol. The summed E-state index contributed by atoms with van der Waals surface area (Å²) < 4.78 is 0. The Hall–Kier alpha value is -2.53. The van der Waals surface area contributed by atoms with Gasteiger partial charge in [0.1, 0.15) is 0 Å². The van der Waals surface area contributed by atoms with E-state index in [9.17, 15) is 14.4 Å². The Labute approximate surface area is 204 Å². The number of carbonyl (C=O) groups excluding carboxylic acids is 3. The van der Waals surface area contributed by atoms with Crippen molar-refractivity contribution in [1.29, 1.82) is 0 Å². The van der Waals surface area contributed by atoms with E-state index in [-0.39, 0.29) is 36.0 Å². The molecule has 2 fully saturated rings. The lowest BCUT2D eigenvalue weighted by atomic mass is 9.86. The highest BCUT2D eigenvalue weighted by Crippen LogP contribution is 2.27. The predicted molar refractivity (Wildman–Crippen MR) is 132 cm³/mol. The highest BCUT2D eigenvalue weighted by atomic mass is 32.1. The van der Waals surface area contributed by atoms with Gasteiger partial charge in [0.25, 0.3) is 0 Å². The van der Waals surface area contributed by atoms with Gasteiger partial charge in [-0.25, -0.2) is 4.98 Å². The summed E-state index contributed by atoms with van der Waals surface area (Å²) in [5, 5.41) is 8.28. The van der Waals surface area contributed by atoms with Gasteiger partial charge in [0.05, 0.1) is 12.6 Å². The molecule has 0 bridgehead atoms. The van der Waals surface area contributed by atoms with Crippen LogP contribution in [0.5, 0.6) is 0 Å². The number of piperidine rings is 2. The molecular formula is C23H37N7O3S. The zero-order valence-electron chi connectivity index (χ0n) is 19.7. The third-order valence-electron chi connectivity index (χ3n) is 6.60. The van der Waals surface area contributed by atoms with Crippen molar-refractivity contribution in [2.24, 2.45) is 28.3 Å². The molecular weight excluding hydrogens is 454 g/mol. The lowest BCUT2D eigenvalue weighted by Crippen LogP contribution is -2.50. The number of nitrogens with two attached hydrogens (primary N) is 2. The minimum absolute atomic E-state index is 0.00912. The number of nitrogens with one attached hydrogen (secondary N) is 2. The molecule has 2 atom stereocenters. The van der Waals surface area contributed by atoms with E-state index in [4.69, 9.17) is 11.5 Å². The van der Waals surface area contributed by atoms with Crippen LogP contribution in [0.2, 0.25) is 0 Å². The summed E-state index contributed by atoms with van der Waals surface area (Å²) in [4.78, 5) is 48.4. The number of ketones is 1. The van der Waals surface area contributed by atoms with Gasteiger partial charge in [-0.3, -0.25) is 19.4 Å². The molecule has 0 radical (unpaired) electrons. The van der Waals surface area contributed by atoms with Gasteiger partial charge < -0.3 is 27.0 Å². The summed E-state index contributed by atoms with van der Waals surface area (Å²) >= 11 is 1.24. The standard InChI is InChI=1S/C23H37N7O3S/c24-23(25)28-9-1-4-18(20(32)21-27-12-14-34-21)29-19(31)15-30-13-2-3-17(22(30)33)6-5-16-7-10-26-11-8-16/h12,14,16-18,26H,1-11,13,15H2,(H,29,31)(H4,24,25,28)/t17?,18-/m1/s1. The molecule has 3 rings (SSSR count). The number of likely N-dealkylation sites (tertiary alicyclic amines) is 1. The lowest BCUT2D eigenvalue weighted by molar-refractivity contribution is -0.142. The molecule has 3 heterocycles. The average Bonchev–Trinajstić information content (AvgIpc) is 3.37. The van der Waals surface area contributed by atoms with Crippen LogP contribution in [-0.4, -0.2) is 72.2 Å². The van der Waals surface area contributed by atoms with Gasteiger partial charge in [0.15, 0.2) is 11.0 Å². The second-order valence-electron chi connectivity index (χ2n) is 9.14. The molecule has 10 nitrogen and oxygen atoms in total. The van der Waals surface area contributed by atoms with E-state index < -0.39 is 6.04 Å². The van der Waals surface area contributed by atoms with Crippen molar-refractivity contribution in [1.82, 2.24) is 20.5 Å². The molecule has 0 aromatic carbocycles. The summed E-state index contributed by atoms with van der Waals surface area (Å²) in [6.45, 7) is 3.03. The maximum absolute atomic E-state index is 13.0. The molecule has 1 aromatic rings. The van der Waals surface area contributed by atoms with Crippen molar-refractivity contribution >= 4 is 34.9 Å². The van der Waals surface area contributed by atoms with Gasteiger partial charge >= 0.3 is 0 Å². The van der Waals surface area contributed by atoms with Crippen LogP contribution >= 0.6 is 11.3 Å². The molecule has 2 saturated heterocycles. The number of thiazole rings is 1. The number of nitrogens with zero attached hydrogens (tertiary/aromatic N) is 3. The Balaban J connectivity index is 1.52. The minimum atomic E-state index is -0.733. The minimum Gasteiger partial charge on any atom is -0.370 e. The van der Waals surface area contributed by atoms with Gasteiger partial charge in [-0.2, -0.15) is 0 Å². The first-order chi connectivity index (χ1) is 16.4. The van der Waals surface area contributed by atoms with Crippen LogP contribution in [0.3, 0.4) is 0 Å². The molecule has 2 aliphatic rings. The topological polar surface area (TPSA) is 156 Å². The van der Waals surface area contributed by atoms with Crippen molar-refractivity contribution in [2.75, 3.05) is 32.7 Å². The normalized spacial score (nSPS) is 20.1. The number of hydrogen-bond acceptors (Lipinski definition) is 7. The summed E-state index contributed by atoms with van der Waals surface area (Å²) in [6, 6.07) is -0.733. The highest BCUT2D eigenvalue weighted by molar-refractivity contribution is 7.11. The first kappa shape index (κ1) is 26.1. The number of hydrogen-bond donors (Lipinski definition) is 4. The predicted octanol–water partition coefficient (Wildman–Crippen LogP) is 0.883. The van der Waals surface area contributed by atoms with E-state index in [1.54, 1.807) is 16.5 Å². The number of amides is 2. The maximum Gasteiger partial charge on any atom is 0.240 e. The average molecular weight is 492 g/mol. The van der Waals surface area contributed by atoms with Crippen LogP contribution in [0.25, 0.3) is 0 Å². The Morgan fingerprint density at radius 2 is 2.06 bits per heavy atom. The van der Waals surface area contributed by atoms with E-state index in [1.807, 2.05) is 0 Å². The van der Waals surface area contributed by atoms with Crippen molar-refractivity contribution < 1.29 is 14.4 Å². The summed E-state index contributed by atoms with van der Waals surface area (Å²) in [5.41, 5.74) is 10.7. The molecule has 1 aromatic heterocycles. The van der Waals surface area contributed by atoms with Gasteiger partial charge in [-0.15, -0.1) is 11.3 Å². The van der Waals surface area contributed by atoms with E-state index in [1.165, 1.54) is 24.2 Å². The van der Waals surface area contributed by atoms with E-state index in [2.05, 4.69) is 20.6 Å². The lowest BCUT2D eigenvalue weighted by Gasteiger charge is -2.33. The number of carbonyl (C=O) groups is 3. The van der Waals surface area contributed by atoms with Crippen LogP contribution in [-0.2, 0) is 9.59 Å². The third kappa shape index (κ3) is 8.05. The zero-order valence-corrected chi connectivity index (χ0v) is 20.5. The number of rotatable bonds is 12. The molecule has 11 heteroatoms. The van der Waals surface area contributed by atoms with Gasteiger partial charge in [-0.1, -0.05) is 0 Å². The summed E-state index contributed by atoms with van der Waals surface area (Å²) in [5.74, 6) is 0.158. The molecule has 34 heavy (non-hydrogen) atoms. The Kier molecular flexibility index (Phi) is 10.3. The first-order valence-electron chi connectivity index (χ1n) is 12.2. The number of aromatic nitrogens is 1. The van der Waals surface area contributed by atoms with Crippen molar-refractivity contribution in [3.63, 3.8) is 0 Å². The summed E-state index contributed by atoms with van der Waals surface area (Å²) in [6.07, 6.45) is 8.56. The fourth-order valence-corrected chi connectivity index (χ4v) is 5.36. The van der Waals surface area contributed by atoms with E-state index in [0.29, 0.717) is 36.9 Å². The Morgan fingerprint density at radius 1 is 1.26 bits per heavy atom. The molecule has 2 aliphatic heterocycles. The molecule has 0 spiro atoms. The van der Waals surface area contributed by atoms with Crippen molar-refractivity contribution in [3.05, 3.63) is 16.6 Å². The molecule has 6 N–H and O–H groups in total. The fourth-order valence-electron chi connectivity index (χ4n) is 4.73. The Morgan fingerprint density at radius 3 is 2.76 bits per heavy atom. The SMILES string of the molecule is NC(N)=NCCC[C@@H](NC(=O)CN1CCCC(CCC2CCNCC2)C1=O)C(=O)c1nccs1. The number of aliphatic imine (C=N–C) groups is 1. The van der Waals surface area contributed by atoms with Crippen molar-refractivity contribution in [3.8, 4) is 0 Å². The van der Waals surface area contributed by atoms with Gasteiger partial charge in [0.2, 0.25) is 17.6 Å². The largest absolute Gasteiger partial charge is 0.370 e. The summed E-state index contributed by atoms with van der Waals surface area (Å²) in [7, 11) is 0. The van der Waals surface area contributed by atoms with Crippen LogP contribution in [0, 0.1) is 11.8 Å². The van der Waals surface area contributed by atoms with Crippen molar-refractivity contribution in [2.45, 2.75) is 57.4 Å². The third-order valence-corrected chi connectivity index (χ3v) is 7.39. The Bertz CT molecular complexity index is 836. The number of guanidine groups is 1. The van der Waals surface area contributed by atoms with Gasteiger partial charge in [-0.05, 0) is 70.4 Å². The molecule has 188 valence electrons.